The molecule has 0 atom stereocenters. The zero-order valence-electron chi connectivity index (χ0n) is 5.50. The fourth-order valence-electron chi connectivity index (χ4n) is 0.377. The van der Waals surface area contributed by atoms with Gasteiger partial charge in [0, 0.05) is 6.42 Å². The Morgan fingerprint density at radius 2 is 2.22 bits per heavy atom. The number of Topliss-reactive ketones (excluding diaryl/α,β-unsaturated/α-hetero) is 1. The molecule has 0 heterocycles. The molecule has 0 aliphatic heterocycles. The van der Waals surface area contributed by atoms with Crippen LogP contribution >= 0.6 is 0 Å². The zero-order valence-corrected chi connectivity index (χ0v) is 5.50. The Hall–Kier alpha value is -1.05. The van der Waals surface area contributed by atoms with E-state index in [2.05, 4.69) is 0 Å². The molecule has 0 aliphatic rings. The van der Waals surface area contributed by atoms with Gasteiger partial charge in [-0.3, -0.25) is 4.79 Å². The van der Waals surface area contributed by atoms with Crippen molar-refractivity contribution in [3.8, 4) is 0 Å². The lowest BCUT2D eigenvalue weighted by Gasteiger charge is -1.79. The first-order valence-corrected chi connectivity index (χ1v) is 2.80. The van der Waals surface area contributed by atoms with Gasteiger partial charge in [-0.05, 0) is 19.2 Å². The maximum atomic E-state index is 10.3. The van der Waals surface area contributed by atoms with E-state index in [4.69, 9.17) is 5.73 Å². The van der Waals surface area contributed by atoms with Crippen LogP contribution in [0.5, 0.6) is 0 Å². The van der Waals surface area contributed by atoms with E-state index >= 15 is 0 Å². The van der Waals surface area contributed by atoms with Crippen LogP contribution in [0.25, 0.3) is 0 Å². The average molecular weight is 125 g/mol. The van der Waals surface area contributed by atoms with Gasteiger partial charge in [0.1, 0.15) is 5.78 Å². The van der Waals surface area contributed by atoms with Crippen molar-refractivity contribution in [3.63, 3.8) is 0 Å². The molecule has 0 amide bonds. The SMILES string of the molecule is CC(=O)C/C=C\C=C/N. The highest BCUT2D eigenvalue weighted by Gasteiger charge is 1.82. The number of rotatable bonds is 3. The fraction of sp³-hybridized carbons (Fsp3) is 0.286. The van der Waals surface area contributed by atoms with Gasteiger partial charge in [-0.1, -0.05) is 12.2 Å². The van der Waals surface area contributed by atoms with Crippen molar-refractivity contribution >= 4 is 5.78 Å². The van der Waals surface area contributed by atoms with E-state index in [0.717, 1.165) is 0 Å². The summed E-state index contributed by atoms with van der Waals surface area (Å²) in [7, 11) is 0. The topological polar surface area (TPSA) is 43.1 Å². The molecule has 0 saturated carbocycles. The summed E-state index contributed by atoms with van der Waals surface area (Å²) in [5, 5.41) is 0. The van der Waals surface area contributed by atoms with E-state index in [1.54, 1.807) is 25.2 Å². The Morgan fingerprint density at radius 3 is 2.67 bits per heavy atom. The summed E-state index contributed by atoms with van der Waals surface area (Å²) in [6, 6.07) is 0. The molecule has 0 saturated heterocycles. The van der Waals surface area contributed by atoms with E-state index in [1.165, 1.54) is 6.20 Å². The summed E-state index contributed by atoms with van der Waals surface area (Å²) in [5.74, 6) is 0.164. The van der Waals surface area contributed by atoms with Crippen LogP contribution in [-0.4, -0.2) is 5.78 Å². The predicted molar refractivity (Wildman–Crippen MR) is 37.8 cm³/mol. The van der Waals surface area contributed by atoms with Crippen molar-refractivity contribution in [2.75, 3.05) is 0 Å². The van der Waals surface area contributed by atoms with Crippen LogP contribution in [0.15, 0.2) is 24.4 Å². The largest absolute Gasteiger partial charge is 0.405 e. The highest BCUT2D eigenvalue weighted by atomic mass is 16.1. The minimum atomic E-state index is 0.164. The van der Waals surface area contributed by atoms with E-state index in [9.17, 15) is 4.79 Å². The number of allylic oxidation sites excluding steroid dienone is 3. The highest BCUT2D eigenvalue weighted by Crippen LogP contribution is 1.83. The summed E-state index contributed by atoms with van der Waals surface area (Å²) < 4.78 is 0. The predicted octanol–water partition coefficient (Wildman–Crippen LogP) is 0.994. The molecular formula is C7H11NO. The number of nitrogens with two attached hydrogens (primary N) is 1. The lowest BCUT2D eigenvalue weighted by Crippen LogP contribution is -1.83. The van der Waals surface area contributed by atoms with Crippen molar-refractivity contribution in [2.45, 2.75) is 13.3 Å². The van der Waals surface area contributed by atoms with Crippen LogP contribution in [0.1, 0.15) is 13.3 Å². The summed E-state index contributed by atoms with van der Waals surface area (Å²) >= 11 is 0. The molecule has 0 rings (SSSR count). The normalized spacial score (nSPS) is 11.2. The van der Waals surface area contributed by atoms with Crippen molar-refractivity contribution in [1.82, 2.24) is 0 Å². The van der Waals surface area contributed by atoms with E-state index < -0.39 is 0 Å². The van der Waals surface area contributed by atoms with E-state index in [-0.39, 0.29) is 5.78 Å². The minimum absolute atomic E-state index is 0.164. The lowest BCUT2D eigenvalue weighted by atomic mass is 10.3. The van der Waals surface area contributed by atoms with Gasteiger partial charge < -0.3 is 5.73 Å². The van der Waals surface area contributed by atoms with Gasteiger partial charge in [0.25, 0.3) is 0 Å². The van der Waals surface area contributed by atoms with Crippen LogP contribution in [0, 0.1) is 0 Å². The Bertz CT molecular complexity index is 136. The molecule has 9 heavy (non-hydrogen) atoms. The van der Waals surface area contributed by atoms with Crippen molar-refractivity contribution < 1.29 is 4.79 Å². The van der Waals surface area contributed by atoms with Gasteiger partial charge in [0.2, 0.25) is 0 Å². The highest BCUT2D eigenvalue weighted by molar-refractivity contribution is 5.76. The second-order valence-electron chi connectivity index (χ2n) is 1.72. The summed E-state index contributed by atoms with van der Waals surface area (Å²) in [4.78, 5) is 10.3. The Morgan fingerprint density at radius 1 is 1.56 bits per heavy atom. The molecule has 2 heteroatoms. The molecule has 0 radical (unpaired) electrons. The minimum Gasteiger partial charge on any atom is -0.405 e. The average Bonchev–Trinajstić information content (AvgIpc) is 1.80. The number of carbonyl (C=O) groups is 1. The van der Waals surface area contributed by atoms with Crippen molar-refractivity contribution in [2.24, 2.45) is 5.73 Å². The van der Waals surface area contributed by atoms with Gasteiger partial charge in [-0.15, -0.1) is 0 Å². The molecule has 0 aliphatic carbocycles. The molecule has 50 valence electrons. The monoisotopic (exact) mass is 125 g/mol. The van der Waals surface area contributed by atoms with Gasteiger partial charge in [0.05, 0.1) is 0 Å². The number of hydrogen-bond acceptors (Lipinski definition) is 2. The molecule has 0 aromatic rings. The standard InChI is InChI=1S/C7H11NO/c1-7(9)5-3-2-4-6-8/h2-4,6H,5,8H2,1H3/b3-2-,6-4-. The fourth-order valence-corrected chi connectivity index (χ4v) is 0.377. The van der Waals surface area contributed by atoms with Gasteiger partial charge in [0.15, 0.2) is 0 Å². The molecule has 0 spiro atoms. The maximum absolute atomic E-state index is 10.3. The van der Waals surface area contributed by atoms with E-state index in [0.29, 0.717) is 6.42 Å². The molecule has 0 aromatic heterocycles. The van der Waals surface area contributed by atoms with Crippen LogP contribution in [0.2, 0.25) is 0 Å². The van der Waals surface area contributed by atoms with Gasteiger partial charge in [-0.2, -0.15) is 0 Å². The number of carbonyl (C=O) groups excluding carboxylic acids is 1. The summed E-state index contributed by atoms with van der Waals surface area (Å²) in [6.45, 7) is 1.55. The number of hydrogen-bond donors (Lipinski definition) is 1. The Labute approximate surface area is 55.1 Å². The van der Waals surface area contributed by atoms with E-state index in [1.807, 2.05) is 0 Å². The van der Waals surface area contributed by atoms with Crippen LogP contribution < -0.4 is 5.73 Å². The maximum Gasteiger partial charge on any atom is 0.133 e. The molecule has 2 N–H and O–H groups in total. The molecule has 0 aromatic carbocycles. The molecule has 0 fully saturated rings. The summed E-state index contributed by atoms with van der Waals surface area (Å²) in [6.07, 6.45) is 7.12. The molecular weight excluding hydrogens is 114 g/mol. The third-order valence-electron chi connectivity index (χ3n) is 0.764. The van der Waals surface area contributed by atoms with Gasteiger partial charge in [-0.25, -0.2) is 0 Å². The third-order valence-corrected chi connectivity index (χ3v) is 0.764. The third kappa shape index (κ3) is 6.95. The molecule has 0 unspecified atom stereocenters. The van der Waals surface area contributed by atoms with Crippen LogP contribution in [0.4, 0.5) is 0 Å². The van der Waals surface area contributed by atoms with Crippen LogP contribution in [0.3, 0.4) is 0 Å². The lowest BCUT2D eigenvalue weighted by molar-refractivity contribution is -0.116. The first-order valence-electron chi connectivity index (χ1n) is 2.80. The second kappa shape index (κ2) is 5.09. The summed E-state index contributed by atoms with van der Waals surface area (Å²) in [5.41, 5.74) is 5.03. The first kappa shape index (κ1) is 7.95. The Kier molecular flexibility index (Phi) is 4.50. The van der Waals surface area contributed by atoms with Crippen molar-refractivity contribution in [1.29, 1.82) is 0 Å². The quantitative estimate of drug-likeness (QED) is 0.572. The first-order chi connectivity index (χ1) is 4.27. The van der Waals surface area contributed by atoms with Crippen molar-refractivity contribution in [3.05, 3.63) is 24.4 Å². The Balaban J connectivity index is 3.36. The second-order valence-corrected chi connectivity index (χ2v) is 1.72. The smallest absolute Gasteiger partial charge is 0.133 e. The molecule has 0 bridgehead atoms. The number of ketones is 1. The molecule has 2 nitrogen and oxygen atoms in total. The zero-order chi connectivity index (χ0) is 7.11. The van der Waals surface area contributed by atoms with Crippen LogP contribution in [-0.2, 0) is 4.79 Å². The van der Waals surface area contributed by atoms with Gasteiger partial charge >= 0.3 is 0 Å².